The molecule has 2 aromatic rings. The van der Waals surface area contributed by atoms with Gasteiger partial charge in [-0.25, -0.2) is 4.98 Å². The van der Waals surface area contributed by atoms with Gasteiger partial charge in [0.15, 0.2) is 0 Å². The average molecular weight is 345 g/mol. The fraction of sp³-hybridized carbons (Fsp3) is 0.462. The van der Waals surface area contributed by atoms with Gasteiger partial charge in [0.2, 0.25) is 5.95 Å². The topological polar surface area (TPSA) is 27.1 Å². The van der Waals surface area contributed by atoms with E-state index in [-0.39, 0.29) is 0 Å². The molecular formula is C13H18BrFN2OSi. The predicted molar refractivity (Wildman–Crippen MR) is 81.5 cm³/mol. The highest BCUT2D eigenvalue weighted by Gasteiger charge is 2.12. The zero-order chi connectivity index (χ0) is 14.0. The highest BCUT2D eigenvalue weighted by molar-refractivity contribution is 9.10. The number of ether oxygens (including phenoxy) is 1. The Labute approximate surface area is 121 Å². The van der Waals surface area contributed by atoms with Gasteiger partial charge >= 0.3 is 0 Å². The Balaban J connectivity index is 2.03. The molecule has 0 radical (unpaired) electrons. The van der Waals surface area contributed by atoms with Crippen LogP contribution in [0, 0.1) is 5.95 Å². The molecule has 0 spiro atoms. The molecular weight excluding hydrogens is 327 g/mol. The fourth-order valence-electron chi connectivity index (χ4n) is 1.71. The molecule has 3 nitrogen and oxygen atoms in total. The lowest BCUT2D eigenvalue weighted by Gasteiger charge is -2.15. The lowest BCUT2D eigenvalue weighted by molar-refractivity contribution is 0.0898. The van der Waals surface area contributed by atoms with Crippen LogP contribution in [0.25, 0.3) is 11.0 Å². The Hall–Kier alpha value is -0.723. The Morgan fingerprint density at radius 1 is 1.42 bits per heavy atom. The molecule has 0 unspecified atom stereocenters. The molecule has 0 fully saturated rings. The van der Waals surface area contributed by atoms with Gasteiger partial charge in [0, 0.05) is 26.3 Å². The summed E-state index contributed by atoms with van der Waals surface area (Å²) >= 11 is 3.14. The molecule has 19 heavy (non-hydrogen) atoms. The minimum Gasteiger partial charge on any atom is -0.361 e. The van der Waals surface area contributed by atoms with Gasteiger partial charge in [0.25, 0.3) is 0 Å². The van der Waals surface area contributed by atoms with E-state index in [0.29, 0.717) is 16.9 Å². The highest BCUT2D eigenvalue weighted by Crippen LogP contribution is 2.21. The Morgan fingerprint density at radius 2 is 2.16 bits per heavy atom. The van der Waals surface area contributed by atoms with Gasteiger partial charge in [-0.3, -0.25) is 0 Å². The maximum Gasteiger partial charge on any atom is 0.229 e. The molecule has 0 amide bonds. The van der Waals surface area contributed by atoms with Gasteiger partial charge < -0.3 is 9.30 Å². The first-order chi connectivity index (χ1) is 8.87. The third-order valence-electron chi connectivity index (χ3n) is 2.87. The Kier molecular flexibility index (Phi) is 4.42. The number of pyridine rings is 1. The van der Waals surface area contributed by atoms with Crippen molar-refractivity contribution in [3.05, 3.63) is 28.7 Å². The van der Waals surface area contributed by atoms with E-state index in [2.05, 4.69) is 40.6 Å². The summed E-state index contributed by atoms with van der Waals surface area (Å²) in [6.07, 6.45) is 1.87. The van der Waals surface area contributed by atoms with Crippen molar-refractivity contribution in [2.75, 3.05) is 6.61 Å². The second-order valence-corrected chi connectivity index (χ2v) is 12.3. The standard InChI is InChI=1S/C13H18BrFN2OSi/c1-19(2,3)7-6-18-9-17-5-4-10-8-11(14)12(15)16-13(10)17/h4-5,8H,6-7,9H2,1-3H3. The fourth-order valence-corrected chi connectivity index (χ4v) is 2.80. The van der Waals surface area contributed by atoms with Crippen LogP contribution in [0.2, 0.25) is 25.7 Å². The Morgan fingerprint density at radius 3 is 2.84 bits per heavy atom. The van der Waals surface area contributed by atoms with Gasteiger partial charge in [-0.05, 0) is 34.1 Å². The molecule has 0 atom stereocenters. The van der Waals surface area contributed by atoms with Crippen LogP contribution >= 0.6 is 15.9 Å². The number of halogens is 2. The van der Waals surface area contributed by atoms with Crippen molar-refractivity contribution < 1.29 is 9.13 Å². The van der Waals surface area contributed by atoms with Gasteiger partial charge in [0.05, 0.1) is 4.47 Å². The van der Waals surface area contributed by atoms with Crippen LogP contribution < -0.4 is 0 Å². The molecule has 0 N–H and O–H groups in total. The minimum absolute atomic E-state index is 0.386. The summed E-state index contributed by atoms with van der Waals surface area (Å²) < 4.78 is 21.3. The number of hydrogen-bond acceptors (Lipinski definition) is 2. The van der Waals surface area contributed by atoms with Crippen molar-refractivity contribution in [2.24, 2.45) is 0 Å². The van der Waals surface area contributed by atoms with E-state index in [1.54, 1.807) is 6.07 Å². The van der Waals surface area contributed by atoms with Crippen LogP contribution in [0.4, 0.5) is 4.39 Å². The van der Waals surface area contributed by atoms with E-state index in [1.807, 2.05) is 16.8 Å². The quantitative estimate of drug-likeness (QED) is 0.460. The minimum atomic E-state index is -1.07. The van der Waals surface area contributed by atoms with Gasteiger partial charge in [-0.2, -0.15) is 4.39 Å². The maximum atomic E-state index is 13.4. The zero-order valence-electron chi connectivity index (χ0n) is 11.4. The number of hydrogen-bond donors (Lipinski definition) is 0. The van der Waals surface area contributed by atoms with E-state index in [9.17, 15) is 4.39 Å². The molecule has 2 heterocycles. The molecule has 104 valence electrons. The molecule has 0 aromatic carbocycles. The van der Waals surface area contributed by atoms with Crippen LogP contribution in [0.5, 0.6) is 0 Å². The summed E-state index contributed by atoms with van der Waals surface area (Å²) in [5.74, 6) is -0.491. The van der Waals surface area contributed by atoms with Crippen molar-refractivity contribution in [1.82, 2.24) is 9.55 Å². The number of nitrogens with zero attached hydrogens (tertiary/aromatic N) is 2. The average Bonchev–Trinajstić information content (AvgIpc) is 2.67. The van der Waals surface area contributed by atoms with Crippen LogP contribution in [0.3, 0.4) is 0 Å². The lowest BCUT2D eigenvalue weighted by atomic mass is 10.3. The molecule has 2 rings (SSSR count). The summed E-state index contributed by atoms with van der Waals surface area (Å²) in [4.78, 5) is 3.94. The second kappa shape index (κ2) is 5.72. The van der Waals surface area contributed by atoms with Crippen molar-refractivity contribution in [3.63, 3.8) is 0 Å². The zero-order valence-corrected chi connectivity index (χ0v) is 14.0. The molecule has 2 aromatic heterocycles. The lowest BCUT2D eigenvalue weighted by Crippen LogP contribution is -2.22. The van der Waals surface area contributed by atoms with Crippen molar-refractivity contribution in [2.45, 2.75) is 32.4 Å². The van der Waals surface area contributed by atoms with Crippen molar-refractivity contribution in [1.29, 1.82) is 0 Å². The van der Waals surface area contributed by atoms with E-state index in [1.165, 1.54) is 0 Å². The summed E-state index contributed by atoms with van der Waals surface area (Å²) in [6, 6.07) is 4.77. The number of rotatable bonds is 5. The largest absolute Gasteiger partial charge is 0.361 e. The number of fused-ring (bicyclic) bond motifs is 1. The number of aromatic nitrogens is 2. The second-order valence-electron chi connectivity index (χ2n) is 5.81. The van der Waals surface area contributed by atoms with Crippen molar-refractivity contribution in [3.8, 4) is 0 Å². The first-order valence-electron chi connectivity index (χ1n) is 6.25. The normalized spacial score (nSPS) is 12.3. The molecule has 0 bridgehead atoms. The summed E-state index contributed by atoms with van der Waals surface area (Å²) in [7, 11) is -1.07. The van der Waals surface area contributed by atoms with E-state index in [0.717, 1.165) is 18.0 Å². The molecule has 6 heteroatoms. The van der Waals surface area contributed by atoms with E-state index < -0.39 is 14.0 Å². The van der Waals surface area contributed by atoms with Crippen LogP contribution in [0.1, 0.15) is 0 Å². The van der Waals surface area contributed by atoms with E-state index in [4.69, 9.17) is 4.74 Å². The third kappa shape index (κ3) is 3.87. The molecule has 0 saturated heterocycles. The first kappa shape index (κ1) is 14.7. The monoisotopic (exact) mass is 344 g/mol. The predicted octanol–water partition coefficient (Wildman–Crippen LogP) is 4.25. The van der Waals surface area contributed by atoms with Gasteiger partial charge in [-0.1, -0.05) is 19.6 Å². The first-order valence-corrected chi connectivity index (χ1v) is 10.8. The maximum absolute atomic E-state index is 13.4. The molecule has 0 aliphatic carbocycles. The van der Waals surface area contributed by atoms with Crippen molar-refractivity contribution >= 4 is 35.0 Å². The highest BCUT2D eigenvalue weighted by atomic mass is 79.9. The van der Waals surface area contributed by atoms with Crippen LogP contribution in [0.15, 0.2) is 22.8 Å². The molecule has 0 aliphatic rings. The SMILES string of the molecule is C[Si](C)(C)CCOCn1ccc2cc(Br)c(F)nc21. The van der Waals surface area contributed by atoms with Crippen LogP contribution in [-0.2, 0) is 11.5 Å². The Bertz CT molecular complexity index is 580. The van der Waals surface area contributed by atoms with E-state index >= 15 is 0 Å². The smallest absolute Gasteiger partial charge is 0.229 e. The third-order valence-corrected chi connectivity index (χ3v) is 5.13. The summed E-state index contributed by atoms with van der Waals surface area (Å²) in [5, 5.41) is 0.905. The summed E-state index contributed by atoms with van der Waals surface area (Å²) in [6.45, 7) is 8.11. The van der Waals surface area contributed by atoms with Gasteiger partial charge in [-0.15, -0.1) is 0 Å². The van der Waals surface area contributed by atoms with Crippen LogP contribution in [-0.4, -0.2) is 24.2 Å². The molecule has 0 saturated carbocycles. The summed E-state index contributed by atoms with van der Waals surface area (Å²) in [5.41, 5.74) is 0.619. The van der Waals surface area contributed by atoms with Gasteiger partial charge in [0.1, 0.15) is 12.4 Å². The molecule has 0 aliphatic heterocycles.